The number of amides is 1. The fourth-order valence-electron chi connectivity index (χ4n) is 4.08. The van der Waals surface area contributed by atoms with Crippen molar-refractivity contribution in [1.82, 2.24) is 25.1 Å². The van der Waals surface area contributed by atoms with Crippen molar-refractivity contribution in [3.05, 3.63) is 73.5 Å². The number of aromatic amines is 2. The number of furan rings is 1. The molecule has 166 valence electrons. The maximum atomic E-state index is 11.8. The Hall–Kier alpha value is -4.72. The Balaban J connectivity index is 1.43. The molecule has 8 nitrogen and oxygen atoms in total. The molecule has 34 heavy (non-hydrogen) atoms. The summed E-state index contributed by atoms with van der Waals surface area (Å²) in [6.07, 6.45) is 7.20. The fourth-order valence-corrected chi connectivity index (χ4v) is 4.08. The zero-order valence-electron chi connectivity index (χ0n) is 18.3. The molecule has 0 atom stereocenters. The van der Waals surface area contributed by atoms with Crippen molar-refractivity contribution in [2.45, 2.75) is 13.3 Å². The summed E-state index contributed by atoms with van der Waals surface area (Å²) >= 11 is 0. The highest BCUT2D eigenvalue weighted by Gasteiger charge is 2.16. The molecule has 0 aliphatic rings. The lowest BCUT2D eigenvalue weighted by molar-refractivity contribution is -0.115. The van der Waals surface area contributed by atoms with Gasteiger partial charge in [-0.1, -0.05) is 25.1 Å². The van der Waals surface area contributed by atoms with Crippen LogP contribution in [0.25, 0.3) is 55.7 Å². The van der Waals surface area contributed by atoms with Crippen molar-refractivity contribution in [2.75, 3.05) is 5.32 Å². The number of nitrogens with zero attached hydrogens (tertiary/aromatic N) is 3. The molecule has 0 bridgehead atoms. The number of H-pyrrole nitrogens is 2. The van der Waals surface area contributed by atoms with Gasteiger partial charge < -0.3 is 14.7 Å². The number of pyridine rings is 1. The molecule has 0 aliphatic heterocycles. The lowest BCUT2D eigenvalue weighted by atomic mass is 10.0. The first-order chi connectivity index (χ1) is 16.7. The molecule has 4 heterocycles. The normalized spacial score (nSPS) is 11.3. The number of rotatable bonds is 5. The highest BCUT2D eigenvalue weighted by Crippen LogP contribution is 2.33. The van der Waals surface area contributed by atoms with Gasteiger partial charge in [0.05, 0.1) is 41.0 Å². The van der Waals surface area contributed by atoms with Gasteiger partial charge in [0.1, 0.15) is 5.69 Å². The number of carbonyl (C=O) groups is 1. The Morgan fingerprint density at radius 3 is 2.82 bits per heavy atom. The number of benzene rings is 2. The number of nitrogens with one attached hydrogen (secondary N) is 3. The standard InChI is InChI=1S/C26H20N6O2/c1-2-23(33)28-18-10-17(12-27-13-18)15-6-7-21-20(11-15)25(32-31-21)26-29-22-5-3-4-19(24(22)30-26)16-8-9-34-14-16/h3-14H,2H2,1H3,(H,28,33)(H,29,30)(H,31,32). The van der Waals surface area contributed by atoms with Crippen LogP contribution in [0.4, 0.5) is 5.69 Å². The number of aromatic nitrogens is 5. The third-order valence-electron chi connectivity index (χ3n) is 5.81. The Labute approximate surface area is 194 Å². The highest BCUT2D eigenvalue weighted by atomic mass is 16.3. The van der Waals surface area contributed by atoms with Crippen molar-refractivity contribution in [3.63, 3.8) is 0 Å². The van der Waals surface area contributed by atoms with Gasteiger partial charge >= 0.3 is 0 Å². The molecular formula is C26H20N6O2. The van der Waals surface area contributed by atoms with E-state index in [-0.39, 0.29) is 5.91 Å². The van der Waals surface area contributed by atoms with E-state index in [9.17, 15) is 4.79 Å². The molecule has 0 fully saturated rings. The first-order valence-corrected chi connectivity index (χ1v) is 10.9. The second-order valence-electron chi connectivity index (χ2n) is 8.00. The number of hydrogen-bond donors (Lipinski definition) is 3. The van der Waals surface area contributed by atoms with E-state index in [1.54, 1.807) is 24.9 Å². The van der Waals surface area contributed by atoms with Gasteiger partial charge in [-0.15, -0.1) is 0 Å². The summed E-state index contributed by atoms with van der Waals surface area (Å²) in [7, 11) is 0. The van der Waals surface area contributed by atoms with Crippen molar-refractivity contribution in [1.29, 1.82) is 0 Å². The molecule has 4 aromatic heterocycles. The lowest BCUT2D eigenvalue weighted by Crippen LogP contribution is -2.09. The van der Waals surface area contributed by atoms with Gasteiger partial charge in [-0.05, 0) is 35.9 Å². The molecule has 6 rings (SSSR count). The third-order valence-corrected chi connectivity index (χ3v) is 5.81. The monoisotopic (exact) mass is 448 g/mol. The van der Waals surface area contributed by atoms with Gasteiger partial charge in [-0.25, -0.2) is 4.98 Å². The van der Waals surface area contributed by atoms with Gasteiger partial charge in [0.15, 0.2) is 5.82 Å². The summed E-state index contributed by atoms with van der Waals surface area (Å²) in [6, 6.07) is 15.9. The minimum Gasteiger partial charge on any atom is -0.472 e. The van der Waals surface area contributed by atoms with Crippen LogP contribution in [-0.2, 0) is 4.79 Å². The van der Waals surface area contributed by atoms with Crippen LogP contribution in [0.3, 0.4) is 0 Å². The zero-order chi connectivity index (χ0) is 23.1. The summed E-state index contributed by atoms with van der Waals surface area (Å²) in [5.74, 6) is 0.627. The first kappa shape index (κ1) is 19.9. The topological polar surface area (TPSA) is 112 Å². The molecule has 6 aromatic rings. The zero-order valence-corrected chi connectivity index (χ0v) is 18.3. The predicted molar refractivity (Wildman–Crippen MR) is 131 cm³/mol. The van der Waals surface area contributed by atoms with E-state index in [1.807, 2.05) is 49.4 Å². The number of anilines is 1. The first-order valence-electron chi connectivity index (χ1n) is 10.9. The largest absolute Gasteiger partial charge is 0.472 e. The van der Waals surface area contributed by atoms with Crippen LogP contribution in [-0.4, -0.2) is 31.1 Å². The van der Waals surface area contributed by atoms with E-state index in [0.717, 1.165) is 49.9 Å². The number of para-hydroxylation sites is 1. The fraction of sp³-hybridized carbons (Fsp3) is 0.0769. The van der Waals surface area contributed by atoms with Crippen molar-refractivity contribution < 1.29 is 9.21 Å². The van der Waals surface area contributed by atoms with Gasteiger partial charge in [0.2, 0.25) is 5.91 Å². The second-order valence-corrected chi connectivity index (χ2v) is 8.00. The van der Waals surface area contributed by atoms with Crippen LogP contribution in [0.15, 0.2) is 77.9 Å². The number of hydrogen-bond acceptors (Lipinski definition) is 5. The summed E-state index contributed by atoms with van der Waals surface area (Å²) < 4.78 is 5.26. The van der Waals surface area contributed by atoms with Gasteiger partial charge in [-0.2, -0.15) is 5.10 Å². The molecule has 2 aromatic carbocycles. The van der Waals surface area contributed by atoms with E-state index in [1.165, 1.54) is 0 Å². The lowest BCUT2D eigenvalue weighted by Gasteiger charge is -2.06. The summed E-state index contributed by atoms with van der Waals surface area (Å²) in [5, 5.41) is 11.4. The van der Waals surface area contributed by atoms with Crippen molar-refractivity contribution in [2.24, 2.45) is 0 Å². The van der Waals surface area contributed by atoms with Crippen LogP contribution in [0, 0.1) is 0 Å². The van der Waals surface area contributed by atoms with Crippen molar-refractivity contribution in [3.8, 4) is 33.8 Å². The molecule has 0 aliphatic carbocycles. The smallest absolute Gasteiger partial charge is 0.224 e. The SMILES string of the molecule is CCC(=O)Nc1cncc(-c2ccc3[nH]nc(-c4nc5c(-c6ccoc6)cccc5[nH]4)c3c2)c1. The summed E-state index contributed by atoms with van der Waals surface area (Å²) in [4.78, 5) is 24.4. The van der Waals surface area contributed by atoms with Crippen LogP contribution in [0.5, 0.6) is 0 Å². The van der Waals surface area contributed by atoms with E-state index >= 15 is 0 Å². The van der Waals surface area contributed by atoms with Crippen LogP contribution >= 0.6 is 0 Å². The maximum Gasteiger partial charge on any atom is 0.224 e. The highest BCUT2D eigenvalue weighted by molar-refractivity contribution is 5.98. The molecule has 0 saturated carbocycles. The molecule has 8 heteroatoms. The third kappa shape index (κ3) is 3.41. The predicted octanol–water partition coefficient (Wildman–Crippen LogP) is 5.78. The molecule has 0 radical (unpaired) electrons. The van der Waals surface area contributed by atoms with E-state index in [0.29, 0.717) is 17.9 Å². The van der Waals surface area contributed by atoms with Gasteiger partial charge in [-0.3, -0.25) is 14.9 Å². The molecule has 0 spiro atoms. The Morgan fingerprint density at radius 1 is 1.03 bits per heavy atom. The molecule has 3 N–H and O–H groups in total. The Kier molecular flexibility index (Phi) is 4.69. The van der Waals surface area contributed by atoms with E-state index in [2.05, 4.69) is 31.5 Å². The number of imidazole rings is 1. The Bertz CT molecular complexity index is 1650. The van der Waals surface area contributed by atoms with Gasteiger partial charge in [0, 0.05) is 34.7 Å². The molecule has 1 amide bonds. The minimum absolute atomic E-state index is 0.0498. The minimum atomic E-state index is -0.0498. The van der Waals surface area contributed by atoms with Crippen LogP contribution in [0.2, 0.25) is 0 Å². The summed E-state index contributed by atoms with van der Waals surface area (Å²) in [5.41, 5.74) is 7.90. The average Bonchev–Trinajstić information content (AvgIpc) is 3.62. The molecular weight excluding hydrogens is 428 g/mol. The van der Waals surface area contributed by atoms with E-state index in [4.69, 9.17) is 9.40 Å². The molecule has 0 saturated heterocycles. The van der Waals surface area contributed by atoms with Crippen LogP contribution in [0.1, 0.15) is 13.3 Å². The van der Waals surface area contributed by atoms with Crippen LogP contribution < -0.4 is 5.32 Å². The molecule has 0 unspecified atom stereocenters. The number of fused-ring (bicyclic) bond motifs is 2. The number of carbonyl (C=O) groups excluding carboxylic acids is 1. The maximum absolute atomic E-state index is 11.8. The van der Waals surface area contributed by atoms with Crippen molar-refractivity contribution >= 4 is 33.5 Å². The summed E-state index contributed by atoms with van der Waals surface area (Å²) in [6.45, 7) is 1.82. The average molecular weight is 448 g/mol. The Morgan fingerprint density at radius 2 is 1.97 bits per heavy atom. The van der Waals surface area contributed by atoms with Gasteiger partial charge in [0.25, 0.3) is 0 Å². The quantitative estimate of drug-likeness (QED) is 0.310. The van der Waals surface area contributed by atoms with E-state index < -0.39 is 0 Å². The second kappa shape index (κ2) is 8.00.